The maximum Gasteiger partial charge on any atom is 0.254 e. The van der Waals surface area contributed by atoms with E-state index in [1.165, 1.54) is 0 Å². The Labute approximate surface area is 325 Å². The predicted octanol–water partition coefficient (Wildman–Crippen LogP) is 4.09. The van der Waals surface area contributed by atoms with Crippen molar-refractivity contribution in [3.8, 4) is 11.4 Å². The molecule has 4 heterocycles. The van der Waals surface area contributed by atoms with Crippen LogP contribution in [0.25, 0.3) is 11.4 Å². The van der Waals surface area contributed by atoms with Gasteiger partial charge < -0.3 is 38.2 Å². The van der Waals surface area contributed by atoms with E-state index in [0.29, 0.717) is 128 Å². The minimum Gasteiger partial charge on any atom is -0.378 e. The first-order chi connectivity index (χ1) is 25.7. The van der Waals surface area contributed by atoms with Gasteiger partial charge in [-0.15, -0.1) is 0 Å². The van der Waals surface area contributed by atoms with Crippen LogP contribution < -0.4 is 0 Å². The van der Waals surface area contributed by atoms with E-state index in [4.69, 9.17) is 28.4 Å². The Kier molecular flexibility index (Phi) is 23.1. The molecule has 0 bridgehead atoms. The fraction of sp³-hybridized carbons (Fsp3) is 0.667. The molecule has 2 saturated heterocycles. The molecule has 0 aliphatic carbocycles. The number of pyridine rings is 2. The summed E-state index contributed by atoms with van der Waals surface area (Å²) in [5.41, 5.74) is 2.21. The summed E-state index contributed by atoms with van der Waals surface area (Å²) in [6, 6.07) is 7.08. The van der Waals surface area contributed by atoms with E-state index in [1.807, 2.05) is 9.80 Å². The van der Waals surface area contributed by atoms with Crippen LogP contribution >= 0.6 is 47.0 Å². The van der Waals surface area contributed by atoms with Gasteiger partial charge in [-0.05, 0) is 24.3 Å². The highest BCUT2D eigenvalue weighted by molar-refractivity contribution is 7.99. The molecule has 4 rings (SSSR count). The van der Waals surface area contributed by atoms with Gasteiger partial charge in [-0.25, -0.2) is 0 Å². The highest BCUT2D eigenvalue weighted by atomic mass is 32.2. The molecule has 290 valence electrons. The largest absolute Gasteiger partial charge is 0.378 e. The second kappa shape index (κ2) is 27.9. The summed E-state index contributed by atoms with van der Waals surface area (Å²) in [5, 5.41) is 0. The minimum atomic E-state index is -0.0430. The molecule has 0 spiro atoms. The molecule has 0 N–H and O–H groups in total. The van der Waals surface area contributed by atoms with Crippen LogP contribution in [0, 0.1) is 0 Å². The molecular formula is C36H54N4O8S4. The Morgan fingerprint density at radius 2 is 0.731 bits per heavy atom. The highest BCUT2D eigenvalue weighted by Crippen LogP contribution is 2.20. The number of amides is 2. The van der Waals surface area contributed by atoms with Crippen molar-refractivity contribution in [2.45, 2.75) is 0 Å². The first-order valence-electron chi connectivity index (χ1n) is 18.0. The summed E-state index contributed by atoms with van der Waals surface area (Å²) in [6.07, 6.45) is 3.29. The SMILES string of the molecule is O=C(c1ccnc(-c2cc(C(=O)N3CCSCCOCCOCCOCCSCC3)ccn2)c1)N1CCSCCOCCOCCOCCSCC1. The molecule has 0 radical (unpaired) electrons. The molecule has 0 saturated carbocycles. The topological polar surface area (TPSA) is 122 Å². The van der Waals surface area contributed by atoms with Gasteiger partial charge in [0.1, 0.15) is 0 Å². The maximum absolute atomic E-state index is 13.9. The molecule has 2 amide bonds. The summed E-state index contributed by atoms with van der Waals surface area (Å²) in [7, 11) is 0. The number of hydrogen-bond donors (Lipinski definition) is 0. The van der Waals surface area contributed by atoms with Gasteiger partial charge in [-0.3, -0.25) is 19.6 Å². The lowest BCUT2D eigenvalue weighted by Gasteiger charge is -2.23. The van der Waals surface area contributed by atoms with Crippen LogP contribution in [0.15, 0.2) is 36.7 Å². The van der Waals surface area contributed by atoms with E-state index >= 15 is 0 Å². The fourth-order valence-corrected chi connectivity index (χ4v) is 8.22. The monoisotopic (exact) mass is 798 g/mol. The number of ether oxygens (including phenoxy) is 6. The van der Waals surface area contributed by atoms with Crippen LogP contribution in [0.5, 0.6) is 0 Å². The standard InChI is InChI=1S/C36H54N4O8S4/c41-35(39-5-21-49-25-17-45-13-9-43-10-14-46-18-26-50-22-6-39)31-1-3-37-33(29-31)34-30-32(2-4-38-34)36(42)40-7-23-51-27-19-47-15-11-44-12-16-48-20-28-52-24-8-40/h1-4,29-30H,5-28H2. The molecule has 2 aliphatic rings. The van der Waals surface area contributed by atoms with Gasteiger partial charge in [-0.2, -0.15) is 47.0 Å². The average Bonchev–Trinajstić information content (AvgIpc) is 3.17. The summed E-state index contributed by atoms with van der Waals surface area (Å²) < 4.78 is 33.7. The molecule has 2 aliphatic heterocycles. The van der Waals surface area contributed by atoms with Gasteiger partial charge in [-0.1, -0.05) is 0 Å². The van der Waals surface area contributed by atoms with Crippen molar-refractivity contribution in [1.29, 1.82) is 0 Å². The lowest BCUT2D eigenvalue weighted by atomic mass is 10.1. The third kappa shape index (κ3) is 17.7. The average molecular weight is 799 g/mol. The first kappa shape index (κ1) is 43.1. The van der Waals surface area contributed by atoms with Crippen LogP contribution in [0.3, 0.4) is 0 Å². The Morgan fingerprint density at radius 3 is 1.04 bits per heavy atom. The van der Waals surface area contributed by atoms with Gasteiger partial charge >= 0.3 is 0 Å². The van der Waals surface area contributed by atoms with Crippen molar-refractivity contribution >= 4 is 58.9 Å². The van der Waals surface area contributed by atoms with E-state index in [-0.39, 0.29) is 11.8 Å². The summed E-state index contributed by atoms with van der Waals surface area (Å²) >= 11 is 7.11. The summed E-state index contributed by atoms with van der Waals surface area (Å²) in [4.78, 5) is 40.7. The minimum absolute atomic E-state index is 0.0430. The van der Waals surface area contributed by atoms with Crippen molar-refractivity contribution in [3.63, 3.8) is 0 Å². The number of rotatable bonds is 3. The van der Waals surface area contributed by atoms with Crippen LogP contribution in [0.4, 0.5) is 0 Å². The van der Waals surface area contributed by atoms with Crippen LogP contribution in [-0.2, 0) is 28.4 Å². The van der Waals surface area contributed by atoms with E-state index in [1.54, 1.807) is 83.7 Å². The number of aromatic nitrogens is 2. The molecule has 0 atom stereocenters. The van der Waals surface area contributed by atoms with E-state index in [0.717, 1.165) is 46.0 Å². The quantitative estimate of drug-likeness (QED) is 0.444. The molecule has 2 aromatic rings. The number of hydrogen-bond acceptors (Lipinski definition) is 14. The zero-order chi connectivity index (χ0) is 36.3. The van der Waals surface area contributed by atoms with E-state index in [9.17, 15) is 9.59 Å². The lowest BCUT2D eigenvalue weighted by molar-refractivity contribution is 0.0205. The van der Waals surface area contributed by atoms with Gasteiger partial charge in [0, 0.05) is 95.7 Å². The van der Waals surface area contributed by atoms with Crippen molar-refractivity contribution in [1.82, 2.24) is 19.8 Å². The second-order valence-corrected chi connectivity index (χ2v) is 16.5. The second-order valence-electron chi connectivity index (χ2n) is 11.6. The molecule has 52 heavy (non-hydrogen) atoms. The Bertz CT molecular complexity index is 1150. The van der Waals surface area contributed by atoms with Gasteiger partial charge in [0.15, 0.2) is 0 Å². The number of carbonyl (C=O) groups is 2. The van der Waals surface area contributed by atoms with Crippen molar-refractivity contribution in [2.24, 2.45) is 0 Å². The van der Waals surface area contributed by atoms with E-state index < -0.39 is 0 Å². The summed E-state index contributed by atoms with van der Waals surface area (Å²) in [6.45, 7) is 9.64. The molecule has 2 fully saturated rings. The van der Waals surface area contributed by atoms with Crippen molar-refractivity contribution in [3.05, 3.63) is 47.8 Å². The smallest absolute Gasteiger partial charge is 0.254 e. The molecule has 12 nitrogen and oxygen atoms in total. The van der Waals surface area contributed by atoms with Crippen LogP contribution in [-0.4, -0.2) is 183 Å². The van der Waals surface area contributed by atoms with Crippen molar-refractivity contribution in [2.75, 3.05) is 151 Å². The molecular weight excluding hydrogens is 745 g/mol. The van der Waals surface area contributed by atoms with E-state index in [2.05, 4.69) is 9.97 Å². The Hall–Kier alpha value is -1.60. The number of nitrogens with zero attached hydrogens (tertiary/aromatic N) is 4. The Balaban J connectivity index is 1.38. The molecule has 16 heteroatoms. The zero-order valence-electron chi connectivity index (χ0n) is 30.1. The third-order valence-corrected chi connectivity index (χ3v) is 11.6. The Morgan fingerprint density at radius 1 is 0.442 bits per heavy atom. The van der Waals surface area contributed by atoms with Gasteiger partial charge in [0.2, 0.25) is 0 Å². The van der Waals surface area contributed by atoms with Gasteiger partial charge in [0.25, 0.3) is 11.8 Å². The molecule has 0 aromatic carbocycles. The number of carbonyl (C=O) groups excluding carboxylic acids is 2. The normalized spacial score (nSPS) is 20.5. The van der Waals surface area contributed by atoms with Gasteiger partial charge in [0.05, 0.1) is 90.7 Å². The number of thioether (sulfide) groups is 4. The highest BCUT2D eigenvalue weighted by Gasteiger charge is 2.20. The fourth-order valence-electron chi connectivity index (χ4n) is 5.06. The lowest BCUT2D eigenvalue weighted by Crippen LogP contribution is -2.35. The predicted molar refractivity (Wildman–Crippen MR) is 213 cm³/mol. The molecule has 0 unspecified atom stereocenters. The van der Waals surface area contributed by atoms with Crippen LogP contribution in [0.2, 0.25) is 0 Å². The first-order valence-corrected chi connectivity index (χ1v) is 22.6. The zero-order valence-corrected chi connectivity index (χ0v) is 33.4. The van der Waals surface area contributed by atoms with Crippen LogP contribution in [0.1, 0.15) is 20.7 Å². The van der Waals surface area contributed by atoms with Crippen molar-refractivity contribution < 1.29 is 38.0 Å². The third-order valence-electron chi connectivity index (χ3n) is 7.85. The molecule has 2 aromatic heterocycles. The maximum atomic E-state index is 13.9. The summed E-state index contributed by atoms with van der Waals surface area (Å²) in [5.74, 6) is 6.59.